The highest BCUT2D eigenvalue weighted by molar-refractivity contribution is 5.84. The Balaban J connectivity index is 1.89. The van der Waals surface area contributed by atoms with E-state index in [1.54, 1.807) is 21.1 Å². The Labute approximate surface area is 205 Å². The van der Waals surface area contributed by atoms with E-state index < -0.39 is 22.9 Å². The van der Waals surface area contributed by atoms with Crippen molar-refractivity contribution in [1.82, 2.24) is 0 Å². The molecule has 0 saturated carbocycles. The zero-order valence-corrected chi connectivity index (χ0v) is 20.8. The lowest BCUT2D eigenvalue weighted by molar-refractivity contribution is -0.144. The van der Waals surface area contributed by atoms with Gasteiger partial charge in [-0.3, -0.25) is 9.59 Å². The lowest BCUT2D eigenvalue weighted by Crippen LogP contribution is -2.46. The summed E-state index contributed by atoms with van der Waals surface area (Å²) in [5, 5.41) is 3.00. The zero-order valence-electron chi connectivity index (χ0n) is 20.8. The highest BCUT2D eigenvalue weighted by Gasteiger charge is 2.29. The molecule has 35 heavy (non-hydrogen) atoms. The van der Waals surface area contributed by atoms with E-state index in [1.807, 2.05) is 61.2 Å². The van der Waals surface area contributed by atoms with Crippen LogP contribution in [0, 0.1) is 0 Å². The molecule has 0 spiro atoms. The number of rotatable bonds is 12. The molecule has 0 radical (unpaired) electrons. The topological polar surface area (TPSA) is 94.2 Å². The number of anilines is 2. The molecule has 3 aromatic rings. The summed E-state index contributed by atoms with van der Waals surface area (Å²) < 4.78 is 16.3. The Morgan fingerprint density at radius 3 is 2.03 bits per heavy atom. The molecule has 1 atom stereocenters. The summed E-state index contributed by atoms with van der Waals surface area (Å²) in [7, 11) is 3.21. The third-order valence-corrected chi connectivity index (χ3v) is 5.96. The predicted octanol–water partition coefficient (Wildman–Crippen LogP) is 3.40. The van der Waals surface area contributed by atoms with Crippen LogP contribution in [-0.4, -0.2) is 45.9 Å². The summed E-state index contributed by atoms with van der Waals surface area (Å²) in [6.07, 6.45) is 0.276. The Hall–Kier alpha value is -3.81. The molecule has 0 saturated heterocycles. The van der Waals surface area contributed by atoms with Crippen molar-refractivity contribution in [2.75, 3.05) is 44.1 Å². The molecule has 0 heterocycles. The highest BCUT2D eigenvalue weighted by Crippen LogP contribution is 2.38. The summed E-state index contributed by atoms with van der Waals surface area (Å²) in [6.45, 7) is 6.90. The van der Waals surface area contributed by atoms with Gasteiger partial charge in [0.15, 0.2) is 0 Å². The minimum absolute atomic E-state index is 0.173. The molecular weight excluding hydrogens is 448 g/mol. The van der Waals surface area contributed by atoms with Crippen LogP contribution in [0.25, 0.3) is 11.1 Å². The Morgan fingerprint density at radius 2 is 1.51 bits per heavy atom. The van der Waals surface area contributed by atoms with E-state index in [-0.39, 0.29) is 18.7 Å². The first kappa shape index (κ1) is 25.8. The summed E-state index contributed by atoms with van der Waals surface area (Å²) in [6, 6.07) is 12.4. The first-order valence-electron chi connectivity index (χ1n) is 11.7. The zero-order chi connectivity index (χ0) is 25.5. The smallest absolute Gasteiger partial charge is 0.328 e. The average Bonchev–Trinajstić information content (AvgIpc) is 2.89. The van der Waals surface area contributed by atoms with Crippen LogP contribution in [-0.2, 0) is 16.0 Å². The lowest BCUT2D eigenvalue weighted by atomic mass is 9.99. The Kier molecular flexibility index (Phi) is 8.52. The molecule has 0 bridgehead atoms. The van der Waals surface area contributed by atoms with E-state index in [0.717, 1.165) is 16.7 Å². The van der Waals surface area contributed by atoms with Gasteiger partial charge in [-0.05, 0) is 44.0 Å². The van der Waals surface area contributed by atoms with E-state index in [0.29, 0.717) is 30.3 Å². The number of nitrogens with one attached hydrogen (secondary N) is 1. The Morgan fingerprint density at radius 1 is 0.914 bits per heavy atom. The molecule has 0 aliphatic carbocycles. The summed E-state index contributed by atoms with van der Waals surface area (Å²) in [5.41, 5.74) is 1.94. The molecule has 0 aromatic heterocycles. The maximum absolute atomic E-state index is 12.7. The number of methoxy groups -OCH3 is 2. The fraction of sp³-hybridized carbons (Fsp3) is 0.370. The molecule has 0 fully saturated rings. The molecule has 186 valence electrons. The van der Waals surface area contributed by atoms with Gasteiger partial charge in [0, 0.05) is 19.5 Å². The van der Waals surface area contributed by atoms with Gasteiger partial charge < -0.3 is 24.4 Å². The standard InChI is InChI=1S/C27H32N2O6/c1-6-29(7-2)24-23(25(30)26(24)31)28-19(27(32)35-8-3)16-17-12-14-18(15-13-17)22-20(33-4)10-9-11-21(22)34-5/h9-15,19,28H,6-8,16H2,1-5H3. The summed E-state index contributed by atoms with van der Waals surface area (Å²) in [4.78, 5) is 39.1. The number of nitrogens with zero attached hydrogens (tertiary/aromatic N) is 1. The number of hydrogen-bond donors (Lipinski definition) is 1. The van der Waals surface area contributed by atoms with E-state index >= 15 is 0 Å². The van der Waals surface area contributed by atoms with Crippen molar-refractivity contribution in [2.45, 2.75) is 33.2 Å². The number of esters is 1. The molecule has 0 amide bonds. The van der Waals surface area contributed by atoms with Crippen molar-refractivity contribution in [3.05, 3.63) is 68.5 Å². The van der Waals surface area contributed by atoms with Gasteiger partial charge in [0.2, 0.25) is 0 Å². The molecule has 8 heteroatoms. The predicted molar refractivity (Wildman–Crippen MR) is 138 cm³/mol. The maximum atomic E-state index is 12.7. The second-order valence-electron chi connectivity index (χ2n) is 7.94. The highest BCUT2D eigenvalue weighted by atomic mass is 16.5. The minimum atomic E-state index is -0.820. The summed E-state index contributed by atoms with van der Waals surface area (Å²) in [5.74, 6) is 0.890. The van der Waals surface area contributed by atoms with Gasteiger partial charge in [-0.1, -0.05) is 30.3 Å². The van der Waals surface area contributed by atoms with Crippen molar-refractivity contribution >= 4 is 17.3 Å². The fourth-order valence-electron chi connectivity index (χ4n) is 4.14. The van der Waals surface area contributed by atoms with E-state index in [4.69, 9.17) is 14.2 Å². The molecule has 1 N–H and O–H groups in total. The number of benzene rings is 2. The first-order chi connectivity index (χ1) is 16.9. The van der Waals surface area contributed by atoms with Crippen LogP contribution >= 0.6 is 0 Å². The fourth-order valence-corrected chi connectivity index (χ4v) is 4.14. The normalized spacial score (nSPS) is 11.7. The largest absolute Gasteiger partial charge is 0.496 e. The van der Waals surface area contributed by atoms with Crippen molar-refractivity contribution in [3.63, 3.8) is 0 Å². The van der Waals surface area contributed by atoms with Crippen LogP contribution in [0.5, 0.6) is 11.5 Å². The van der Waals surface area contributed by atoms with E-state index in [2.05, 4.69) is 5.32 Å². The first-order valence-corrected chi connectivity index (χ1v) is 11.7. The SMILES string of the molecule is CCOC(=O)C(Cc1ccc(-c2c(OC)cccc2OC)cc1)Nc1c(N(CC)CC)c(=O)c1=O. The molecule has 1 unspecified atom stereocenters. The van der Waals surface area contributed by atoms with Gasteiger partial charge in [-0.25, -0.2) is 4.79 Å². The van der Waals surface area contributed by atoms with Crippen LogP contribution in [0.3, 0.4) is 0 Å². The van der Waals surface area contributed by atoms with Gasteiger partial charge in [-0.2, -0.15) is 0 Å². The average molecular weight is 481 g/mol. The van der Waals surface area contributed by atoms with Gasteiger partial charge in [0.1, 0.15) is 28.9 Å². The van der Waals surface area contributed by atoms with Crippen LogP contribution in [0.4, 0.5) is 11.4 Å². The van der Waals surface area contributed by atoms with E-state index in [9.17, 15) is 14.4 Å². The number of carbonyl (C=O) groups is 1. The molecule has 8 nitrogen and oxygen atoms in total. The van der Waals surface area contributed by atoms with Crippen molar-refractivity contribution in [2.24, 2.45) is 0 Å². The Bertz CT molecular complexity index is 1200. The van der Waals surface area contributed by atoms with Crippen LogP contribution < -0.4 is 30.5 Å². The molecule has 3 rings (SSSR count). The number of carbonyl (C=O) groups excluding carboxylic acids is 1. The molecule has 0 aliphatic heterocycles. The van der Waals surface area contributed by atoms with Crippen molar-refractivity contribution < 1.29 is 19.0 Å². The van der Waals surface area contributed by atoms with E-state index in [1.165, 1.54) is 0 Å². The number of ether oxygens (including phenoxy) is 3. The molecule has 0 aliphatic rings. The van der Waals surface area contributed by atoms with Gasteiger partial charge in [0.05, 0.1) is 26.4 Å². The number of hydrogen-bond acceptors (Lipinski definition) is 8. The van der Waals surface area contributed by atoms with Gasteiger partial charge in [-0.15, -0.1) is 0 Å². The van der Waals surface area contributed by atoms with Crippen molar-refractivity contribution in [1.29, 1.82) is 0 Å². The third kappa shape index (κ3) is 5.31. The lowest BCUT2D eigenvalue weighted by Gasteiger charge is -2.27. The quantitative estimate of drug-likeness (QED) is 0.311. The maximum Gasteiger partial charge on any atom is 0.328 e. The second kappa shape index (κ2) is 11.6. The van der Waals surface area contributed by atoms with Gasteiger partial charge >= 0.3 is 5.97 Å². The van der Waals surface area contributed by atoms with Gasteiger partial charge in [0.25, 0.3) is 10.9 Å². The monoisotopic (exact) mass is 480 g/mol. The molecular formula is C27H32N2O6. The minimum Gasteiger partial charge on any atom is -0.496 e. The van der Waals surface area contributed by atoms with Crippen LogP contribution in [0.15, 0.2) is 52.1 Å². The van der Waals surface area contributed by atoms with Crippen LogP contribution in [0.2, 0.25) is 0 Å². The molecule has 3 aromatic carbocycles. The van der Waals surface area contributed by atoms with Crippen molar-refractivity contribution in [3.8, 4) is 22.6 Å². The summed E-state index contributed by atoms with van der Waals surface area (Å²) >= 11 is 0. The van der Waals surface area contributed by atoms with Crippen LogP contribution in [0.1, 0.15) is 26.3 Å². The second-order valence-corrected chi connectivity index (χ2v) is 7.94. The third-order valence-electron chi connectivity index (χ3n) is 5.96.